The van der Waals surface area contributed by atoms with Gasteiger partial charge in [0.2, 0.25) is 5.91 Å². The molecular formula is C13H26N2O. The fraction of sp³-hybridized carbons (Fsp3) is 0.923. The smallest absolute Gasteiger partial charge is 0.236 e. The molecule has 1 fully saturated rings. The lowest BCUT2D eigenvalue weighted by atomic mass is 9.69. The number of hydrogen-bond donors (Lipinski definition) is 2. The highest BCUT2D eigenvalue weighted by Crippen LogP contribution is 2.37. The topological polar surface area (TPSA) is 55.1 Å². The Morgan fingerprint density at radius 2 is 1.88 bits per heavy atom. The summed E-state index contributed by atoms with van der Waals surface area (Å²) in [5, 5.41) is 3.11. The highest BCUT2D eigenvalue weighted by Gasteiger charge is 2.35. The van der Waals surface area contributed by atoms with Crippen molar-refractivity contribution < 1.29 is 4.79 Å². The SMILES string of the molecule is CC(N)C(=O)NC1CCCCC1C(C)(C)C. The van der Waals surface area contributed by atoms with Crippen molar-refractivity contribution in [2.24, 2.45) is 17.1 Å². The lowest BCUT2D eigenvalue weighted by Crippen LogP contribution is -2.50. The fourth-order valence-electron chi connectivity index (χ4n) is 2.65. The van der Waals surface area contributed by atoms with Crippen LogP contribution in [0.3, 0.4) is 0 Å². The van der Waals surface area contributed by atoms with E-state index in [0.29, 0.717) is 12.0 Å². The summed E-state index contributed by atoms with van der Waals surface area (Å²) in [7, 11) is 0. The van der Waals surface area contributed by atoms with E-state index in [1.165, 1.54) is 19.3 Å². The number of carbonyl (C=O) groups excluding carboxylic acids is 1. The molecule has 0 aliphatic heterocycles. The van der Waals surface area contributed by atoms with Gasteiger partial charge in [-0.1, -0.05) is 33.6 Å². The zero-order valence-corrected chi connectivity index (χ0v) is 11.0. The molecule has 3 nitrogen and oxygen atoms in total. The van der Waals surface area contributed by atoms with Crippen LogP contribution in [0.5, 0.6) is 0 Å². The van der Waals surface area contributed by atoms with Crippen molar-refractivity contribution in [3.8, 4) is 0 Å². The van der Waals surface area contributed by atoms with Gasteiger partial charge in [-0.3, -0.25) is 4.79 Å². The minimum atomic E-state index is -0.400. The summed E-state index contributed by atoms with van der Waals surface area (Å²) in [6, 6.07) is -0.0882. The maximum Gasteiger partial charge on any atom is 0.236 e. The zero-order chi connectivity index (χ0) is 12.3. The van der Waals surface area contributed by atoms with Gasteiger partial charge in [0.25, 0.3) is 0 Å². The van der Waals surface area contributed by atoms with Gasteiger partial charge in [0.1, 0.15) is 0 Å². The van der Waals surface area contributed by atoms with E-state index in [0.717, 1.165) is 6.42 Å². The molecular weight excluding hydrogens is 200 g/mol. The highest BCUT2D eigenvalue weighted by atomic mass is 16.2. The summed E-state index contributed by atoms with van der Waals surface area (Å²) < 4.78 is 0. The van der Waals surface area contributed by atoms with Gasteiger partial charge in [-0.05, 0) is 31.1 Å². The van der Waals surface area contributed by atoms with Gasteiger partial charge in [-0.25, -0.2) is 0 Å². The molecule has 1 saturated carbocycles. The van der Waals surface area contributed by atoms with Crippen LogP contribution in [0.25, 0.3) is 0 Å². The molecule has 0 heterocycles. The van der Waals surface area contributed by atoms with Gasteiger partial charge >= 0.3 is 0 Å². The molecule has 3 N–H and O–H groups in total. The van der Waals surface area contributed by atoms with E-state index in [1.807, 2.05) is 0 Å². The van der Waals surface area contributed by atoms with E-state index in [2.05, 4.69) is 26.1 Å². The van der Waals surface area contributed by atoms with Crippen LogP contribution in [0.1, 0.15) is 53.4 Å². The molecule has 0 aromatic heterocycles. The van der Waals surface area contributed by atoms with Crippen LogP contribution >= 0.6 is 0 Å². The van der Waals surface area contributed by atoms with Crippen LogP contribution in [0.4, 0.5) is 0 Å². The van der Waals surface area contributed by atoms with Crippen molar-refractivity contribution in [2.75, 3.05) is 0 Å². The van der Waals surface area contributed by atoms with E-state index in [9.17, 15) is 4.79 Å². The van der Waals surface area contributed by atoms with E-state index in [4.69, 9.17) is 5.73 Å². The van der Waals surface area contributed by atoms with Crippen molar-refractivity contribution in [1.29, 1.82) is 0 Å². The molecule has 16 heavy (non-hydrogen) atoms. The van der Waals surface area contributed by atoms with Gasteiger partial charge < -0.3 is 11.1 Å². The monoisotopic (exact) mass is 226 g/mol. The maximum absolute atomic E-state index is 11.6. The standard InChI is InChI=1S/C13H26N2O/c1-9(14)12(16)15-11-8-6-5-7-10(11)13(2,3)4/h9-11H,5-8,14H2,1-4H3,(H,15,16). The third-order valence-corrected chi connectivity index (χ3v) is 3.62. The zero-order valence-electron chi connectivity index (χ0n) is 11.0. The molecule has 0 bridgehead atoms. The first-order valence-corrected chi connectivity index (χ1v) is 6.38. The number of nitrogens with one attached hydrogen (secondary N) is 1. The average molecular weight is 226 g/mol. The van der Waals surface area contributed by atoms with Gasteiger partial charge in [0.05, 0.1) is 6.04 Å². The van der Waals surface area contributed by atoms with Crippen LogP contribution in [0.15, 0.2) is 0 Å². The molecule has 3 atom stereocenters. The molecule has 0 radical (unpaired) electrons. The van der Waals surface area contributed by atoms with Crippen molar-refractivity contribution in [3.05, 3.63) is 0 Å². The van der Waals surface area contributed by atoms with E-state index in [-0.39, 0.29) is 11.3 Å². The lowest BCUT2D eigenvalue weighted by molar-refractivity contribution is -0.123. The van der Waals surface area contributed by atoms with Gasteiger partial charge in [0.15, 0.2) is 0 Å². The first-order chi connectivity index (χ1) is 7.32. The second kappa shape index (κ2) is 5.17. The van der Waals surface area contributed by atoms with Crippen LogP contribution in [-0.2, 0) is 4.79 Å². The van der Waals surface area contributed by atoms with Gasteiger partial charge in [0, 0.05) is 6.04 Å². The molecule has 3 unspecified atom stereocenters. The van der Waals surface area contributed by atoms with E-state index >= 15 is 0 Å². The van der Waals surface area contributed by atoms with Crippen molar-refractivity contribution in [3.63, 3.8) is 0 Å². The van der Waals surface area contributed by atoms with Crippen LogP contribution in [-0.4, -0.2) is 18.0 Å². The molecule has 0 aromatic rings. The molecule has 0 saturated heterocycles. The Hall–Kier alpha value is -0.570. The minimum absolute atomic E-state index is 0.0128. The van der Waals surface area contributed by atoms with Gasteiger partial charge in [-0.15, -0.1) is 0 Å². The Labute approximate surface area is 99.2 Å². The normalized spacial score (nSPS) is 28.6. The second-order valence-electron chi connectivity index (χ2n) is 6.16. The summed E-state index contributed by atoms with van der Waals surface area (Å²) in [4.78, 5) is 11.6. The lowest BCUT2D eigenvalue weighted by Gasteiger charge is -2.41. The summed E-state index contributed by atoms with van der Waals surface area (Å²) >= 11 is 0. The van der Waals surface area contributed by atoms with Crippen LogP contribution in [0.2, 0.25) is 0 Å². The summed E-state index contributed by atoms with van der Waals surface area (Å²) in [6.07, 6.45) is 4.82. The number of nitrogens with two attached hydrogens (primary N) is 1. The minimum Gasteiger partial charge on any atom is -0.352 e. The molecule has 1 rings (SSSR count). The molecule has 0 aromatic carbocycles. The number of amides is 1. The van der Waals surface area contributed by atoms with E-state index < -0.39 is 6.04 Å². The maximum atomic E-state index is 11.6. The number of rotatable bonds is 2. The summed E-state index contributed by atoms with van der Waals surface area (Å²) in [5.41, 5.74) is 5.86. The molecule has 1 aliphatic carbocycles. The number of hydrogen-bond acceptors (Lipinski definition) is 2. The Bertz CT molecular complexity index is 243. The predicted octanol–water partition coefficient (Wildman–Crippen LogP) is 2.05. The van der Waals surface area contributed by atoms with Gasteiger partial charge in [-0.2, -0.15) is 0 Å². The number of carbonyl (C=O) groups is 1. The van der Waals surface area contributed by atoms with E-state index in [1.54, 1.807) is 6.92 Å². The Morgan fingerprint density at radius 1 is 1.31 bits per heavy atom. The van der Waals surface area contributed by atoms with Crippen LogP contribution in [0, 0.1) is 11.3 Å². The second-order valence-corrected chi connectivity index (χ2v) is 6.16. The van der Waals surface area contributed by atoms with Crippen molar-refractivity contribution in [2.45, 2.75) is 65.5 Å². The fourth-order valence-corrected chi connectivity index (χ4v) is 2.65. The first kappa shape index (κ1) is 13.5. The predicted molar refractivity (Wildman–Crippen MR) is 67.0 cm³/mol. The molecule has 1 aliphatic rings. The Morgan fingerprint density at radius 3 is 2.38 bits per heavy atom. The molecule has 94 valence electrons. The third kappa shape index (κ3) is 3.48. The molecule has 0 spiro atoms. The molecule has 1 amide bonds. The average Bonchev–Trinajstić information content (AvgIpc) is 2.16. The molecule has 3 heteroatoms. The summed E-state index contributed by atoms with van der Waals surface area (Å²) in [5.74, 6) is 0.560. The summed E-state index contributed by atoms with van der Waals surface area (Å²) in [6.45, 7) is 8.51. The van der Waals surface area contributed by atoms with Crippen molar-refractivity contribution in [1.82, 2.24) is 5.32 Å². The van der Waals surface area contributed by atoms with Crippen molar-refractivity contribution >= 4 is 5.91 Å². The first-order valence-electron chi connectivity index (χ1n) is 6.38. The quantitative estimate of drug-likeness (QED) is 0.757. The van der Waals surface area contributed by atoms with Crippen LogP contribution < -0.4 is 11.1 Å². The largest absolute Gasteiger partial charge is 0.352 e. The Balaban J connectivity index is 2.64. The Kier molecular flexibility index (Phi) is 4.36. The highest BCUT2D eigenvalue weighted by molar-refractivity contribution is 5.81. The third-order valence-electron chi connectivity index (χ3n) is 3.62.